The second-order valence-corrected chi connectivity index (χ2v) is 8.21. The van der Waals surface area contributed by atoms with E-state index in [4.69, 9.17) is 4.42 Å². The molecule has 0 radical (unpaired) electrons. The van der Waals surface area contributed by atoms with Gasteiger partial charge in [-0.1, -0.05) is 36.4 Å². The zero-order valence-corrected chi connectivity index (χ0v) is 15.6. The molecular formula is C20H21N2O4S+. The maximum absolute atomic E-state index is 12.4. The molecule has 27 heavy (non-hydrogen) atoms. The topological polar surface area (TPSA) is 93.0 Å². The molecule has 2 aromatic carbocycles. The standard InChI is InChI=1S/C20H20N2O4S/c1-27(24,25)17-10-5-9-16(13-17)22-19(23)14-21-20(18-11-6-12-26-18)15-7-3-2-4-8-15/h2-13,20-21H,14H2,1H3,(H,22,23)/p+1/t20-/m1/s1. The molecular weight excluding hydrogens is 364 g/mol. The summed E-state index contributed by atoms with van der Waals surface area (Å²) in [6, 6.07) is 19.5. The number of quaternary nitrogens is 1. The SMILES string of the molecule is CS(=O)(=O)c1cccc(NC(=O)C[NH2+][C@H](c2ccccc2)c2ccco2)c1. The first-order chi connectivity index (χ1) is 12.9. The Bertz CT molecular complexity index is 999. The molecule has 0 saturated carbocycles. The Hall–Kier alpha value is -2.90. The van der Waals surface area contributed by atoms with Crippen LogP contribution in [0, 0.1) is 0 Å². The fourth-order valence-corrected chi connectivity index (χ4v) is 3.45. The number of rotatable bonds is 7. The lowest BCUT2D eigenvalue weighted by atomic mass is 10.0. The molecule has 3 aromatic rings. The fourth-order valence-electron chi connectivity index (χ4n) is 2.79. The Morgan fingerprint density at radius 1 is 1.07 bits per heavy atom. The first-order valence-electron chi connectivity index (χ1n) is 8.45. The number of hydrogen-bond acceptors (Lipinski definition) is 4. The smallest absolute Gasteiger partial charge is 0.279 e. The average molecular weight is 385 g/mol. The third kappa shape index (κ3) is 5.06. The van der Waals surface area contributed by atoms with E-state index < -0.39 is 9.84 Å². The molecule has 1 amide bonds. The highest BCUT2D eigenvalue weighted by Crippen LogP contribution is 2.18. The summed E-state index contributed by atoms with van der Waals surface area (Å²) in [7, 11) is -3.32. The molecule has 0 unspecified atom stereocenters. The molecule has 0 aliphatic carbocycles. The number of hydrogen-bond donors (Lipinski definition) is 2. The molecule has 0 fully saturated rings. The third-order valence-corrected chi connectivity index (χ3v) is 5.20. The molecule has 140 valence electrons. The molecule has 0 saturated heterocycles. The van der Waals surface area contributed by atoms with Gasteiger partial charge in [0.1, 0.15) is 0 Å². The Morgan fingerprint density at radius 2 is 1.85 bits per heavy atom. The lowest BCUT2D eigenvalue weighted by molar-refractivity contribution is -0.678. The van der Waals surface area contributed by atoms with Crippen LogP contribution in [0.4, 0.5) is 5.69 Å². The largest absolute Gasteiger partial charge is 0.463 e. The zero-order chi connectivity index (χ0) is 19.3. The van der Waals surface area contributed by atoms with Gasteiger partial charge in [0.25, 0.3) is 5.91 Å². The van der Waals surface area contributed by atoms with Crippen molar-refractivity contribution >= 4 is 21.4 Å². The Labute approximate surface area is 158 Å². The van der Waals surface area contributed by atoms with Crippen molar-refractivity contribution in [3.05, 3.63) is 84.3 Å². The summed E-state index contributed by atoms with van der Waals surface area (Å²) in [4.78, 5) is 12.5. The van der Waals surface area contributed by atoms with Gasteiger partial charge in [0.15, 0.2) is 28.2 Å². The summed E-state index contributed by atoms with van der Waals surface area (Å²) in [6.45, 7) is 0.156. The summed E-state index contributed by atoms with van der Waals surface area (Å²) in [5.74, 6) is 0.529. The number of furan rings is 1. The van der Waals surface area contributed by atoms with E-state index in [0.717, 1.165) is 17.6 Å². The van der Waals surface area contributed by atoms with Crippen LogP contribution in [0.3, 0.4) is 0 Å². The number of benzene rings is 2. The fraction of sp³-hybridized carbons (Fsp3) is 0.150. The summed E-state index contributed by atoms with van der Waals surface area (Å²) < 4.78 is 28.8. The predicted octanol–water partition coefficient (Wildman–Crippen LogP) is 1.97. The van der Waals surface area contributed by atoms with E-state index in [0.29, 0.717) is 5.69 Å². The van der Waals surface area contributed by atoms with Crippen LogP contribution in [-0.4, -0.2) is 27.1 Å². The monoisotopic (exact) mass is 385 g/mol. The van der Waals surface area contributed by atoms with E-state index in [9.17, 15) is 13.2 Å². The van der Waals surface area contributed by atoms with E-state index >= 15 is 0 Å². The van der Waals surface area contributed by atoms with E-state index in [1.54, 1.807) is 18.4 Å². The van der Waals surface area contributed by atoms with Crippen LogP contribution >= 0.6 is 0 Å². The van der Waals surface area contributed by atoms with Crippen LogP contribution in [0.2, 0.25) is 0 Å². The number of amides is 1. The summed E-state index contributed by atoms with van der Waals surface area (Å²) >= 11 is 0. The average Bonchev–Trinajstić information content (AvgIpc) is 3.17. The number of nitrogens with one attached hydrogen (secondary N) is 1. The van der Waals surface area contributed by atoms with Gasteiger partial charge in [0.2, 0.25) is 0 Å². The summed E-state index contributed by atoms with van der Waals surface area (Å²) in [5, 5.41) is 4.62. The van der Waals surface area contributed by atoms with E-state index in [1.807, 2.05) is 47.8 Å². The highest BCUT2D eigenvalue weighted by molar-refractivity contribution is 7.90. The van der Waals surface area contributed by atoms with Crippen molar-refractivity contribution in [2.75, 3.05) is 18.1 Å². The lowest BCUT2D eigenvalue weighted by Crippen LogP contribution is -2.87. The van der Waals surface area contributed by atoms with Crippen LogP contribution < -0.4 is 10.6 Å². The molecule has 3 N–H and O–H groups in total. The van der Waals surface area contributed by atoms with E-state index in [2.05, 4.69) is 5.32 Å². The minimum Gasteiger partial charge on any atom is -0.463 e. The second-order valence-electron chi connectivity index (χ2n) is 6.19. The molecule has 6 nitrogen and oxygen atoms in total. The molecule has 7 heteroatoms. The van der Waals surface area contributed by atoms with Gasteiger partial charge in [0, 0.05) is 17.5 Å². The van der Waals surface area contributed by atoms with Crippen LogP contribution in [-0.2, 0) is 14.6 Å². The maximum Gasteiger partial charge on any atom is 0.279 e. The number of anilines is 1. The highest BCUT2D eigenvalue weighted by Gasteiger charge is 2.21. The Morgan fingerprint density at radius 3 is 2.52 bits per heavy atom. The van der Waals surface area contributed by atoms with Crippen molar-refractivity contribution in [1.29, 1.82) is 0 Å². The first-order valence-corrected chi connectivity index (χ1v) is 10.3. The third-order valence-electron chi connectivity index (χ3n) is 4.09. The quantitative estimate of drug-likeness (QED) is 0.650. The molecule has 0 aliphatic heterocycles. The lowest BCUT2D eigenvalue weighted by Gasteiger charge is -2.14. The van der Waals surface area contributed by atoms with Crippen molar-refractivity contribution in [2.24, 2.45) is 0 Å². The van der Waals surface area contributed by atoms with Gasteiger partial charge >= 0.3 is 0 Å². The van der Waals surface area contributed by atoms with Gasteiger partial charge < -0.3 is 15.1 Å². The molecule has 1 aromatic heterocycles. The minimum atomic E-state index is -3.32. The first kappa shape index (κ1) is 18.9. The van der Waals surface area contributed by atoms with Crippen molar-refractivity contribution < 1.29 is 22.9 Å². The number of sulfone groups is 1. The minimum absolute atomic E-state index is 0.144. The van der Waals surface area contributed by atoms with Gasteiger partial charge in [-0.25, -0.2) is 8.42 Å². The molecule has 1 heterocycles. The van der Waals surface area contributed by atoms with Crippen LogP contribution in [0.5, 0.6) is 0 Å². The number of carbonyl (C=O) groups is 1. The summed E-state index contributed by atoms with van der Waals surface area (Å²) in [6.07, 6.45) is 2.74. The second kappa shape index (κ2) is 8.20. The van der Waals surface area contributed by atoms with Gasteiger partial charge in [-0.2, -0.15) is 0 Å². The molecule has 0 bridgehead atoms. The van der Waals surface area contributed by atoms with Crippen molar-refractivity contribution in [3.8, 4) is 0 Å². The van der Waals surface area contributed by atoms with E-state index in [1.165, 1.54) is 12.1 Å². The molecule has 1 atom stereocenters. The van der Waals surface area contributed by atoms with Gasteiger partial charge in [-0.15, -0.1) is 0 Å². The Kier molecular flexibility index (Phi) is 5.73. The number of carbonyl (C=O) groups excluding carboxylic acids is 1. The Balaban J connectivity index is 1.68. The van der Waals surface area contributed by atoms with Crippen molar-refractivity contribution in [2.45, 2.75) is 10.9 Å². The molecule has 0 aliphatic rings. The van der Waals surface area contributed by atoms with Gasteiger partial charge in [-0.3, -0.25) is 4.79 Å². The van der Waals surface area contributed by atoms with Gasteiger partial charge in [0.05, 0.1) is 11.2 Å². The van der Waals surface area contributed by atoms with Crippen LogP contribution in [0.1, 0.15) is 17.4 Å². The van der Waals surface area contributed by atoms with Crippen LogP contribution in [0.25, 0.3) is 0 Å². The van der Waals surface area contributed by atoms with Crippen molar-refractivity contribution in [3.63, 3.8) is 0 Å². The highest BCUT2D eigenvalue weighted by atomic mass is 32.2. The zero-order valence-electron chi connectivity index (χ0n) is 14.8. The predicted molar refractivity (Wildman–Crippen MR) is 102 cm³/mol. The van der Waals surface area contributed by atoms with Crippen LogP contribution in [0.15, 0.2) is 82.3 Å². The number of nitrogens with two attached hydrogens (primary N) is 1. The van der Waals surface area contributed by atoms with Crippen molar-refractivity contribution in [1.82, 2.24) is 0 Å². The molecule has 3 rings (SSSR count). The molecule has 0 spiro atoms. The normalized spacial score (nSPS) is 12.5. The van der Waals surface area contributed by atoms with Gasteiger partial charge in [-0.05, 0) is 30.3 Å². The summed E-state index contributed by atoms with van der Waals surface area (Å²) in [5.41, 5.74) is 1.48. The maximum atomic E-state index is 12.4. The van der Waals surface area contributed by atoms with E-state index in [-0.39, 0.29) is 23.4 Å².